The predicted molar refractivity (Wildman–Crippen MR) is 80.8 cm³/mol. The Balaban J connectivity index is 1.76. The number of rotatable bonds is 4. The number of hydrogen-bond acceptors (Lipinski definition) is 5. The van der Waals surface area contributed by atoms with Gasteiger partial charge in [-0.2, -0.15) is 0 Å². The molecule has 3 rings (SSSR count). The maximum absolute atomic E-state index is 12.0. The lowest BCUT2D eigenvalue weighted by Gasteiger charge is -2.07. The van der Waals surface area contributed by atoms with Gasteiger partial charge in [0.15, 0.2) is 0 Å². The minimum Gasteiger partial charge on any atom is -0.345 e. The highest BCUT2D eigenvalue weighted by Gasteiger charge is 2.11. The lowest BCUT2D eigenvalue weighted by molar-refractivity contribution is 0.0945. The molecule has 5 nitrogen and oxygen atoms in total. The van der Waals surface area contributed by atoms with Gasteiger partial charge in [0.2, 0.25) is 0 Å². The van der Waals surface area contributed by atoms with Crippen molar-refractivity contribution in [2.45, 2.75) is 6.54 Å². The first-order valence-corrected chi connectivity index (χ1v) is 7.25. The molecule has 104 valence electrons. The van der Waals surface area contributed by atoms with Crippen molar-refractivity contribution in [1.82, 2.24) is 20.3 Å². The summed E-state index contributed by atoms with van der Waals surface area (Å²) in [7, 11) is 0. The summed E-state index contributed by atoms with van der Waals surface area (Å²) < 4.78 is 0. The van der Waals surface area contributed by atoms with Gasteiger partial charge in [-0.05, 0) is 23.6 Å². The van der Waals surface area contributed by atoms with Gasteiger partial charge in [0, 0.05) is 18.6 Å². The first-order chi connectivity index (χ1) is 10.3. The van der Waals surface area contributed by atoms with Gasteiger partial charge in [-0.25, -0.2) is 0 Å². The zero-order valence-electron chi connectivity index (χ0n) is 11.1. The van der Waals surface area contributed by atoms with Crippen LogP contribution in [0.1, 0.15) is 16.2 Å². The van der Waals surface area contributed by atoms with E-state index in [1.807, 2.05) is 17.5 Å². The van der Waals surface area contributed by atoms with E-state index in [-0.39, 0.29) is 5.91 Å². The second-order valence-corrected chi connectivity index (χ2v) is 5.17. The largest absolute Gasteiger partial charge is 0.345 e. The van der Waals surface area contributed by atoms with Crippen LogP contribution in [0.15, 0.2) is 54.3 Å². The molecule has 0 spiro atoms. The summed E-state index contributed by atoms with van der Waals surface area (Å²) in [6.07, 6.45) is 4.87. The first kappa shape index (κ1) is 13.4. The van der Waals surface area contributed by atoms with Crippen molar-refractivity contribution in [3.05, 3.63) is 65.7 Å². The van der Waals surface area contributed by atoms with Crippen LogP contribution in [0.3, 0.4) is 0 Å². The summed E-state index contributed by atoms with van der Waals surface area (Å²) in [5.74, 6) is -0.224. The predicted octanol–water partition coefficient (Wildman–Crippen LogP) is 2.53. The van der Waals surface area contributed by atoms with E-state index >= 15 is 0 Å². The van der Waals surface area contributed by atoms with Gasteiger partial charge in [-0.15, -0.1) is 11.3 Å². The Morgan fingerprint density at radius 1 is 1.05 bits per heavy atom. The molecule has 0 aliphatic heterocycles. The van der Waals surface area contributed by atoms with Crippen LogP contribution in [-0.2, 0) is 6.54 Å². The average molecular weight is 296 g/mol. The van der Waals surface area contributed by atoms with Crippen molar-refractivity contribution in [1.29, 1.82) is 0 Å². The number of nitrogens with zero attached hydrogens (tertiary/aromatic N) is 3. The fourth-order valence-electron chi connectivity index (χ4n) is 1.87. The van der Waals surface area contributed by atoms with Gasteiger partial charge in [0.1, 0.15) is 11.4 Å². The molecule has 0 saturated carbocycles. The minimum atomic E-state index is -0.224. The van der Waals surface area contributed by atoms with Gasteiger partial charge >= 0.3 is 0 Å². The van der Waals surface area contributed by atoms with E-state index in [1.165, 1.54) is 0 Å². The van der Waals surface area contributed by atoms with Crippen molar-refractivity contribution >= 4 is 17.2 Å². The Labute approximate surface area is 125 Å². The molecule has 0 aromatic carbocycles. The third kappa shape index (κ3) is 3.11. The van der Waals surface area contributed by atoms with Crippen LogP contribution in [0.25, 0.3) is 10.6 Å². The third-order valence-electron chi connectivity index (χ3n) is 2.84. The Kier molecular flexibility index (Phi) is 3.97. The minimum absolute atomic E-state index is 0.224. The molecule has 3 aromatic rings. The smallest absolute Gasteiger partial charge is 0.270 e. The van der Waals surface area contributed by atoms with Crippen LogP contribution in [0.2, 0.25) is 0 Å². The molecule has 0 atom stereocenters. The van der Waals surface area contributed by atoms with E-state index in [4.69, 9.17) is 0 Å². The topological polar surface area (TPSA) is 67.8 Å². The number of carbonyl (C=O) groups excluding carboxylic acids is 1. The van der Waals surface area contributed by atoms with Crippen molar-refractivity contribution in [2.75, 3.05) is 0 Å². The Hall–Kier alpha value is -2.60. The van der Waals surface area contributed by atoms with E-state index in [2.05, 4.69) is 20.3 Å². The van der Waals surface area contributed by atoms with E-state index in [1.54, 1.807) is 48.1 Å². The van der Waals surface area contributed by atoms with Crippen molar-refractivity contribution in [3.8, 4) is 10.6 Å². The summed E-state index contributed by atoms with van der Waals surface area (Å²) in [6, 6.07) is 9.17. The number of thiophene rings is 1. The molecule has 0 saturated heterocycles. The fourth-order valence-corrected chi connectivity index (χ4v) is 2.61. The normalized spacial score (nSPS) is 10.3. The molecule has 1 amide bonds. The average Bonchev–Trinajstić information content (AvgIpc) is 3.08. The van der Waals surface area contributed by atoms with E-state index < -0.39 is 0 Å². The van der Waals surface area contributed by atoms with Crippen molar-refractivity contribution in [3.63, 3.8) is 0 Å². The number of amides is 1. The van der Waals surface area contributed by atoms with Crippen molar-refractivity contribution in [2.24, 2.45) is 0 Å². The standard InChI is InChI=1S/C15H12N4OS/c20-15(11-4-1-2-6-16-11)19-10-12-14(18-8-7-17-12)13-5-3-9-21-13/h1-9H,10H2,(H,19,20). The zero-order chi connectivity index (χ0) is 14.5. The Morgan fingerprint density at radius 2 is 1.95 bits per heavy atom. The highest BCUT2D eigenvalue weighted by Crippen LogP contribution is 2.24. The zero-order valence-corrected chi connectivity index (χ0v) is 11.9. The molecule has 0 bridgehead atoms. The van der Waals surface area contributed by atoms with Gasteiger partial charge in [-0.1, -0.05) is 12.1 Å². The monoisotopic (exact) mass is 296 g/mol. The second kappa shape index (κ2) is 6.23. The number of nitrogens with one attached hydrogen (secondary N) is 1. The second-order valence-electron chi connectivity index (χ2n) is 4.23. The van der Waals surface area contributed by atoms with E-state index in [9.17, 15) is 4.79 Å². The number of hydrogen-bond donors (Lipinski definition) is 1. The van der Waals surface area contributed by atoms with Crippen molar-refractivity contribution < 1.29 is 4.79 Å². The lowest BCUT2D eigenvalue weighted by Crippen LogP contribution is -2.24. The lowest BCUT2D eigenvalue weighted by atomic mass is 10.2. The molecular weight excluding hydrogens is 284 g/mol. The van der Waals surface area contributed by atoms with Gasteiger partial charge in [0.05, 0.1) is 17.1 Å². The van der Waals surface area contributed by atoms with Gasteiger partial charge in [0.25, 0.3) is 5.91 Å². The van der Waals surface area contributed by atoms with Gasteiger partial charge in [-0.3, -0.25) is 19.7 Å². The summed E-state index contributed by atoms with van der Waals surface area (Å²) in [6.45, 7) is 0.316. The quantitative estimate of drug-likeness (QED) is 0.803. The highest BCUT2D eigenvalue weighted by molar-refractivity contribution is 7.13. The molecule has 0 aliphatic rings. The summed E-state index contributed by atoms with van der Waals surface area (Å²) in [4.78, 5) is 25.7. The van der Waals surface area contributed by atoms with Crippen LogP contribution in [0.5, 0.6) is 0 Å². The molecule has 6 heteroatoms. The van der Waals surface area contributed by atoms with Crippen LogP contribution in [0.4, 0.5) is 0 Å². The molecule has 21 heavy (non-hydrogen) atoms. The highest BCUT2D eigenvalue weighted by atomic mass is 32.1. The molecule has 0 unspecified atom stereocenters. The molecule has 0 fully saturated rings. The molecule has 0 aliphatic carbocycles. The fraction of sp³-hybridized carbons (Fsp3) is 0.0667. The molecule has 3 heterocycles. The number of pyridine rings is 1. The number of carbonyl (C=O) groups is 1. The molecule has 0 radical (unpaired) electrons. The maximum Gasteiger partial charge on any atom is 0.270 e. The van der Waals surface area contributed by atoms with Crippen LogP contribution in [0, 0.1) is 0 Å². The van der Waals surface area contributed by atoms with E-state index in [0.29, 0.717) is 12.2 Å². The molecule has 1 N–H and O–H groups in total. The summed E-state index contributed by atoms with van der Waals surface area (Å²) in [5.41, 5.74) is 1.93. The van der Waals surface area contributed by atoms with Gasteiger partial charge < -0.3 is 5.32 Å². The Morgan fingerprint density at radius 3 is 2.71 bits per heavy atom. The maximum atomic E-state index is 12.0. The summed E-state index contributed by atoms with van der Waals surface area (Å²) >= 11 is 1.59. The Bertz CT molecular complexity index is 728. The summed E-state index contributed by atoms with van der Waals surface area (Å²) in [5, 5.41) is 4.80. The molecular formula is C15H12N4OS. The van der Waals surface area contributed by atoms with Crippen LogP contribution >= 0.6 is 11.3 Å². The third-order valence-corrected chi connectivity index (χ3v) is 3.72. The van der Waals surface area contributed by atoms with E-state index in [0.717, 1.165) is 16.3 Å². The van der Waals surface area contributed by atoms with Crippen LogP contribution < -0.4 is 5.32 Å². The first-order valence-electron chi connectivity index (χ1n) is 6.37. The molecule has 3 aromatic heterocycles. The number of aromatic nitrogens is 3. The van der Waals surface area contributed by atoms with Crippen LogP contribution in [-0.4, -0.2) is 20.9 Å². The SMILES string of the molecule is O=C(NCc1nccnc1-c1cccs1)c1ccccn1.